The number of hydrogen-bond acceptors (Lipinski definition) is 5. The van der Waals surface area contributed by atoms with Crippen LogP contribution < -0.4 is 20.3 Å². The average molecular weight is 477 g/mol. The normalized spacial score (nSPS) is 19.6. The molecule has 2 heterocycles. The summed E-state index contributed by atoms with van der Waals surface area (Å²) in [4.78, 5) is 29.8. The van der Waals surface area contributed by atoms with E-state index >= 15 is 0 Å². The SMILES string of the molecule is Cc1ccc(N2C=CNC(=O)[C@H]2CC(=O)N(C)[C@@H]2CCOc3cc(CNC(C)(C)C)ccc32)cc1. The maximum absolute atomic E-state index is 13.4. The number of rotatable bonds is 6. The van der Waals surface area contributed by atoms with Gasteiger partial charge in [-0.2, -0.15) is 0 Å². The second-order valence-electron chi connectivity index (χ2n) is 10.4. The molecule has 0 aliphatic carbocycles. The second kappa shape index (κ2) is 10.1. The van der Waals surface area contributed by atoms with Crippen molar-refractivity contribution in [2.45, 2.75) is 64.7 Å². The number of carbonyl (C=O) groups is 2. The third kappa shape index (κ3) is 5.85. The van der Waals surface area contributed by atoms with Crippen LogP contribution in [-0.2, 0) is 16.1 Å². The van der Waals surface area contributed by atoms with Crippen LogP contribution in [0.3, 0.4) is 0 Å². The molecule has 186 valence electrons. The van der Waals surface area contributed by atoms with Crippen LogP contribution in [0.2, 0.25) is 0 Å². The highest BCUT2D eigenvalue weighted by Crippen LogP contribution is 2.37. The van der Waals surface area contributed by atoms with Gasteiger partial charge in [-0.15, -0.1) is 0 Å². The van der Waals surface area contributed by atoms with Crippen molar-refractivity contribution >= 4 is 17.5 Å². The first kappa shape index (κ1) is 24.8. The largest absolute Gasteiger partial charge is 0.493 e. The van der Waals surface area contributed by atoms with Gasteiger partial charge in [-0.3, -0.25) is 9.59 Å². The van der Waals surface area contributed by atoms with Crippen molar-refractivity contribution in [3.63, 3.8) is 0 Å². The van der Waals surface area contributed by atoms with Crippen LogP contribution in [0.1, 0.15) is 56.3 Å². The Morgan fingerprint density at radius 2 is 1.94 bits per heavy atom. The van der Waals surface area contributed by atoms with Gasteiger partial charge in [0.05, 0.1) is 19.1 Å². The zero-order valence-electron chi connectivity index (χ0n) is 21.3. The van der Waals surface area contributed by atoms with Gasteiger partial charge in [-0.1, -0.05) is 29.8 Å². The lowest BCUT2D eigenvalue weighted by Crippen LogP contribution is -2.49. The molecule has 2 aromatic rings. The molecule has 35 heavy (non-hydrogen) atoms. The van der Waals surface area contributed by atoms with Gasteiger partial charge in [0.1, 0.15) is 11.8 Å². The highest BCUT2D eigenvalue weighted by molar-refractivity contribution is 5.93. The first-order chi connectivity index (χ1) is 16.6. The molecule has 7 nitrogen and oxygen atoms in total. The van der Waals surface area contributed by atoms with E-state index in [1.54, 1.807) is 11.1 Å². The number of amides is 2. The molecule has 0 unspecified atom stereocenters. The second-order valence-corrected chi connectivity index (χ2v) is 10.4. The first-order valence-corrected chi connectivity index (χ1v) is 12.2. The van der Waals surface area contributed by atoms with E-state index < -0.39 is 6.04 Å². The van der Waals surface area contributed by atoms with Crippen molar-refractivity contribution in [3.05, 3.63) is 71.6 Å². The summed E-state index contributed by atoms with van der Waals surface area (Å²) in [5, 5.41) is 6.25. The molecule has 2 aliphatic rings. The Balaban J connectivity index is 1.49. The maximum atomic E-state index is 13.4. The summed E-state index contributed by atoms with van der Waals surface area (Å²) in [6.45, 7) is 9.74. The molecule has 2 atom stereocenters. The highest BCUT2D eigenvalue weighted by atomic mass is 16.5. The van der Waals surface area contributed by atoms with E-state index in [0.29, 0.717) is 13.0 Å². The van der Waals surface area contributed by atoms with E-state index in [4.69, 9.17) is 4.74 Å². The van der Waals surface area contributed by atoms with Gasteiger partial charge in [0.2, 0.25) is 11.8 Å². The Kier molecular flexibility index (Phi) is 7.17. The van der Waals surface area contributed by atoms with Gasteiger partial charge < -0.3 is 25.2 Å². The molecular weight excluding hydrogens is 440 g/mol. The Bertz CT molecular complexity index is 1100. The van der Waals surface area contributed by atoms with Gasteiger partial charge >= 0.3 is 0 Å². The minimum atomic E-state index is -0.609. The van der Waals surface area contributed by atoms with Crippen LogP contribution in [0.25, 0.3) is 0 Å². The highest BCUT2D eigenvalue weighted by Gasteiger charge is 2.34. The van der Waals surface area contributed by atoms with Crippen LogP contribution in [0, 0.1) is 6.92 Å². The van der Waals surface area contributed by atoms with Gasteiger partial charge in [-0.05, 0) is 51.5 Å². The van der Waals surface area contributed by atoms with E-state index in [1.165, 1.54) is 0 Å². The predicted octanol–water partition coefficient (Wildman–Crippen LogP) is 4.03. The van der Waals surface area contributed by atoms with Crippen LogP contribution in [0.15, 0.2) is 54.9 Å². The van der Waals surface area contributed by atoms with Crippen LogP contribution in [-0.4, -0.2) is 41.9 Å². The third-order valence-corrected chi connectivity index (χ3v) is 6.57. The summed E-state index contributed by atoms with van der Waals surface area (Å²) in [7, 11) is 1.82. The molecule has 2 N–H and O–H groups in total. The summed E-state index contributed by atoms with van der Waals surface area (Å²) in [5.41, 5.74) is 4.21. The van der Waals surface area contributed by atoms with Crippen LogP contribution in [0.5, 0.6) is 5.75 Å². The van der Waals surface area contributed by atoms with Gasteiger partial charge in [-0.25, -0.2) is 0 Å². The van der Waals surface area contributed by atoms with Gasteiger partial charge in [0.15, 0.2) is 0 Å². The lowest BCUT2D eigenvalue weighted by molar-refractivity contribution is -0.135. The van der Waals surface area contributed by atoms with Crippen molar-refractivity contribution < 1.29 is 14.3 Å². The summed E-state index contributed by atoms with van der Waals surface area (Å²) < 4.78 is 5.96. The number of anilines is 1. The lowest BCUT2D eigenvalue weighted by Gasteiger charge is -2.36. The Morgan fingerprint density at radius 1 is 1.20 bits per heavy atom. The molecular formula is C28H36N4O3. The molecule has 2 aliphatic heterocycles. The average Bonchev–Trinajstić information content (AvgIpc) is 2.83. The zero-order valence-corrected chi connectivity index (χ0v) is 21.3. The standard InChI is InChI=1S/C28H36N4O3/c1-19-6-9-21(10-7-19)32-14-13-29-27(34)24(32)17-26(33)31(5)23-12-15-35-25-16-20(8-11-22(23)25)18-30-28(2,3)4/h6-11,13-14,16,23-24,30H,12,15,17-18H2,1-5H3,(H,29,34)/t23-,24-/m1/s1. The molecule has 2 amide bonds. The van der Waals surface area contributed by atoms with Crippen LogP contribution in [0.4, 0.5) is 5.69 Å². The fraction of sp³-hybridized carbons (Fsp3) is 0.429. The van der Waals surface area contributed by atoms with Gasteiger partial charge in [0.25, 0.3) is 0 Å². The molecule has 0 aromatic heterocycles. The molecule has 0 saturated carbocycles. The first-order valence-electron chi connectivity index (χ1n) is 12.2. The van der Waals surface area contributed by atoms with E-state index in [0.717, 1.165) is 34.7 Å². The minimum Gasteiger partial charge on any atom is -0.493 e. The summed E-state index contributed by atoms with van der Waals surface area (Å²) in [6, 6.07) is 13.5. The Labute approximate surface area is 208 Å². The summed E-state index contributed by atoms with van der Waals surface area (Å²) >= 11 is 0. The van der Waals surface area contributed by atoms with E-state index in [9.17, 15) is 9.59 Å². The molecule has 0 saturated heterocycles. The molecule has 0 spiro atoms. The smallest absolute Gasteiger partial charge is 0.247 e. The number of hydrogen-bond donors (Lipinski definition) is 2. The van der Waals surface area contributed by atoms with Crippen molar-refractivity contribution in [1.82, 2.24) is 15.5 Å². The summed E-state index contributed by atoms with van der Waals surface area (Å²) in [6.07, 6.45) is 4.24. The molecule has 2 aromatic carbocycles. The monoisotopic (exact) mass is 476 g/mol. The van der Waals surface area contributed by atoms with E-state index in [2.05, 4.69) is 49.6 Å². The van der Waals surface area contributed by atoms with Gasteiger partial charge in [0, 0.05) is 49.2 Å². The number of aryl methyl sites for hydroxylation is 1. The van der Waals surface area contributed by atoms with Crippen molar-refractivity contribution in [2.75, 3.05) is 18.6 Å². The molecule has 0 fully saturated rings. The van der Waals surface area contributed by atoms with E-state index in [1.807, 2.05) is 49.3 Å². The summed E-state index contributed by atoms with van der Waals surface area (Å²) in [5.74, 6) is 0.570. The zero-order chi connectivity index (χ0) is 25.2. The molecule has 0 bridgehead atoms. The topological polar surface area (TPSA) is 73.9 Å². The Hall–Kier alpha value is -3.32. The number of carbonyl (C=O) groups excluding carboxylic acids is 2. The lowest BCUT2D eigenvalue weighted by atomic mass is 9.96. The van der Waals surface area contributed by atoms with Crippen molar-refractivity contribution in [3.8, 4) is 5.75 Å². The number of fused-ring (bicyclic) bond motifs is 1. The van der Waals surface area contributed by atoms with Crippen LogP contribution >= 0.6 is 0 Å². The Morgan fingerprint density at radius 3 is 2.66 bits per heavy atom. The fourth-order valence-corrected chi connectivity index (χ4v) is 4.48. The third-order valence-electron chi connectivity index (χ3n) is 6.57. The molecule has 7 heteroatoms. The number of ether oxygens (including phenoxy) is 1. The van der Waals surface area contributed by atoms with Crippen molar-refractivity contribution in [1.29, 1.82) is 0 Å². The molecule has 4 rings (SSSR count). The predicted molar refractivity (Wildman–Crippen MR) is 138 cm³/mol. The minimum absolute atomic E-state index is 0.0268. The number of benzene rings is 2. The van der Waals surface area contributed by atoms with E-state index in [-0.39, 0.29) is 29.8 Å². The fourth-order valence-electron chi connectivity index (χ4n) is 4.48. The molecule has 0 radical (unpaired) electrons. The number of nitrogens with zero attached hydrogens (tertiary/aromatic N) is 2. The van der Waals surface area contributed by atoms with Crippen molar-refractivity contribution in [2.24, 2.45) is 0 Å². The quantitative estimate of drug-likeness (QED) is 0.659. The maximum Gasteiger partial charge on any atom is 0.247 e. The number of nitrogens with one attached hydrogen (secondary N) is 2.